The molecule has 0 rings (SSSR count). The first-order chi connectivity index (χ1) is 3.77. The zero-order valence-electron chi connectivity index (χ0n) is 4.95. The van der Waals surface area contributed by atoms with E-state index in [9.17, 15) is 0 Å². The molecule has 0 unspecified atom stereocenters. The minimum atomic E-state index is 0.523. The molecule has 44 valence electrons. The van der Waals surface area contributed by atoms with E-state index in [-0.39, 0.29) is 0 Å². The van der Waals surface area contributed by atoms with Gasteiger partial charge < -0.3 is 0 Å². The smallest absolute Gasteiger partial charge is 0.0411 e. The van der Waals surface area contributed by atoms with Gasteiger partial charge in [-0.25, -0.2) is 0 Å². The molecule has 0 aromatic heterocycles. The van der Waals surface area contributed by atoms with Gasteiger partial charge in [-0.15, -0.1) is 5.73 Å². The van der Waals surface area contributed by atoms with Crippen molar-refractivity contribution in [1.29, 1.82) is 0 Å². The Morgan fingerprint density at radius 2 is 2.50 bits per heavy atom. The predicted molar refractivity (Wildman–Crippen MR) is 37.9 cm³/mol. The molecule has 0 aliphatic carbocycles. The van der Waals surface area contributed by atoms with Crippen LogP contribution in [0.25, 0.3) is 0 Å². The molecule has 0 atom stereocenters. The fourth-order valence-electron chi connectivity index (χ4n) is 0.267. The summed E-state index contributed by atoms with van der Waals surface area (Å²) in [6.45, 7) is 5.49. The summed E-state index contributed by atoms with van der Waals surface area (Å²) < 4.78 is 0. The molecule has 0 aliphatic heterocycles. The number of allylic oxidation sites excluding steroid dienone is 2. The second kappa shape index (κ2) is 4.70. The number of rotatable bonds is 2. The van der Waals surface area contributed by atoms with Crippen molar-refractivity contribution in [1.82, 2.24) is 0 Å². The van der Waals surface area contributed by atoms with Crippen LogP contribution in [0.15, 0.2) is 29.5 Å². The maximum Gasteiger partial charge on any atom is 0.0411 e. The SMILES string of the molecule is C=C(Cl)C=C=CCC. The highest BCUT2D eigenvalue weighted by Crippen LogP contribution is 1.95. The highest BCUT2D eigenvalue weighted by Gasteiger charge is 1.68. The van der Waals surface area contributed by atoms with Gasteiger partial charge in [0.25, 0.3) is 0 Å². The summed E-state index contributed by atoms with van der Waals surface area (Å²) in [6, 6.07) is 0. The van der Waals surface area contributed by atoms with Crippen molar-refractivity contribution in [2.45, 2.75) is 13.3 Å². The molecule has 0 heterocycles. The molecule has 0 bridgehead atoms. The van der Waals surface area contributed by atoms with Crippen LogP contribution in [0.1, 0.15) is 13.3 Å². The lowest BCUT2D eigenvalue weighted by Gasteiger charge is -1.72. The molecule has 0 saturated heterocycles. The fraction of sp³-hybridized carbons (Fsp3) is 0.286. The Kier molecular flexibility index (Phi) is 4.44. The normalized spacial score (nSPS) is 7.25. The highest BCUT2D eigenvalue weighted by atomic mass is 35.5. The summed E-state index contributed by atoms with van der Waals surface area (Å²) in [7, 11) is 0. The summed E-state index contributed by atoms with van der Waals surface area (Å²) >= 11 is 5.38. The standard InChI is InChI=1S/C7H9Cl/c1-3-4-5-6-7(2)8/h4,6H,2-3H2,1H3. The summed E-state index contributed by atoms with van der Waals surface area (Å²) in [5.41, 5.74) is 2.85. The Labute approximate surface area is 55.2 Å². The van der Waals surface area contributed by atoms with Crippen LogP contribution in [0.2, 0.25) is 0 Å². The highest BCUT2D eigenvalue weighted by molar-refractivity contribution is 6.30. The largest absolute Gasteiger partial charge is 0.124 e. The van der Waals surface area contributed by atoms with E-state index in [0.29, 0.717) is 5.03 Å². The van der Waals surface area contributed by atoms with Gasteiger partial charge in [0.1, 0.15) is 0 Å². The lowest BCUT2D eigenvalue weighted by molar-refractivity contribution is 1.23. The Bertz CT molecular complexity index is 127. The Hall–Kier alpha value is -0.450. The molecule has 0 N–H and O–H groups in total. The average Bonchev–Trinajstić information content (AvgIpc) is 1.66. The van der Waals surface area contributed by atoms with Gasteiger partial charge in [-0.1, -0.05) is 25.1 Å². The molecule has 1 heteroatoms. The molecule has 0 aliphatic rings. The molecule has 0 aromatic carbocycles. The summed E-state index contributed by atoms with van der Waals surface area (Å²) in [4.78, 5) is 0. The average molecular weight is 129 g/mol. The van der Waals surface area contributed by atoms with Gasteiger partial charge in [-0.05, 0) is 18.6 Å². The van der Waals surface area contributed by atoms with Crippen molar-refractivity contribution >= 4 is 11.6 Å². The van der Waals surface area contributed by atoms with Gasteiger partial charge >= 0.3 is 0 Å². The molecule has 8 heavy (non-hydrogen) atoms. The third-order valence-corrected chi connectivity index (χ3v) is 0.671. The van der Waals surface area contributed by atoms with Gasteiger partial charge in [0.15, 0.2) is 0 Å². The summed E-state index contributed by atoms with van der Waals surface area (Å²) in [5.74, 6) is 0. The van der Waals surface area contributed by atoms with Gasteiger partial charge in [0, 0.05) is 5.03 Å². The summed E-state index contributed by atoms with van der Waals surface area (Å²) in [6.07, 6.45) is 4.53. The van der Waals surface area contributed by atoms with Crippen LogP contribution in [0.5, 0.6) is 0 Å². The first-order valence-corrected chi connectivity index (χ1v) is 2.90. The van der Waals surface area contributed by atoms with Crippen LogP contribution in [-0.2, 0) is 0 Å². The molecular formula is C7H9Cl. The van der Waals surface area contributed by atoms with Gasteiger partial charge in [0.2, 0.25) is 0 Å². The molecule has 0 aromatic rings. The van der Waals surface area contributed by atoms with Crippen molar-refractivity contribution in [3.8, 4) is 0 Å². The quantitative estimate of drug-likeness (QED) is 0.396. The molecule has 0 saturated carbocycles. The van der Waals surface area contributed by atoms with Crippen LogP contribution >= 0.6 is 11.6 Å². The van der Waals surface area contributed by atoms with Crippen molar-refractivity contribution in [2.24, 2.45) is 0 Å². The van der Waals surface area contributed by atoms with Crippen molar-refractivity contribution in [2.75, 3.05) is 0 Å². The van der Waals surface area contributed by atoms with Gasteiger partial charge in [0.05, 0.1) is 0 Å². The van der Waals surface area contributed by atoms with E-state index >= 15 is 0 Å². The third-order valence-electron chi connectivity index (χ3n) is 0.562. The van der Waals surface area contributed by atoms with E-state index in [1.165, 1.54) is 0 Å². The second-order valence-electron chi connectivity index (χ2n) is 1.37. The fourth-order valence-corrected chi connectivity index (χ4v) is 0.330. The van der Waals surface area contributed by atoms with E-state index in [2.05, 4.69) is 12.3 Å². The monoisotopic (exact) mass is 128 g/mol. The molecule has 0 nitrogen and oxygen atoms in total. The van der Waals surface area contributed by atoms with Gasteiger partial charge in [-0.2, -0.15) is 0 Å². The molecule has 0 radical (unpaired) electrons. The number of hydrogen-bond acceptors (Lipinski definition) is 0. The van der Waals surface area contributed by atoms with Crippen molar-refractivity contribution in [3.63, 3.8) is 0 Å². The zero-order valence-corrected chi connectivity index (χ0v) is 5.70. The lowest BCUT2D eigenvalue weighted by Crippen LogP contribution is -1.50. The molecule has 0 amide bonds. The zero-order chi connectivity index (χ0) is 6.41. The van der Waals surface area contributed by atoms with E-state index < -0.39 is 0 Å². The maximum atomic E-state index is 5.38. The molecular weight excluding hydrogens is 120 g/mol. The second-order valence-corrected chi connectivity index (χ2v) is 1.86. The number of hydrogen-bond donors (Lipinski definition) is 0. The number of halogens is 1. The van der Waals surface area contributed by atoms with Crippen molar-refractivity contribution in [3.05, 3.63) is 29.5 Å². The van der Waals surface area contributed by atoms with Crippen LogP contribution in [0, 0.1) is 0 Å². The van der Waals surface area contributed by atoms with E-state index in [1.807, 2.05) is 13.0 Å². The lowest BCUT2D eigenvalue weighted by atomic mass is 10.4. The van der Waals surface area contributed by atoms with Crippen molar-refractivity contribution < 1.29 is 0 Å². The Morgan fingerprint density at radius 1 is 1.88 bits per heavy atom. The Morgan fingerprint density at radius 3 is 2.88 bits per heavy atom. The van der Waals surface area contributed by atoms with Crippen LogP contribution in [-0.4, -0.2) is 0 Å². The van der Waals surface area contributed by atoms with Crippen LogP contribution in [0.3, 0.4) is 0 Å². The molecule has 0 fully saturated rings. The minimum Gasteiger partial charge on any atom is -0.124 e. The third kappa shape index (κ3) is 5.55. The Balaban J connectivity index is 3.64. The van der Waals surface area contributed by atoms with E-state index in [4.69, 9.17) is 11.6 Å². The van der Waals surface area contributed by atoms with E-state index in [1.54, 1.807) is 6.08 Å². The predicted octanol–water partition coefficient (Wildman–Crippen LogP) is 2.86. The van der Waals surface area contributed by atoms with E-state index in [0.717, 1.165) is 6.42 Å². The van der Waals surface area contributed by atoms with Gasteiger partial charge in [-0.3, -0.25) is 0 Å². The van der Waals surface area contributed by atoms with Crippen LogP contribution < -0.4 is 0 Å². The summed E-state index contributed by atoms with van der Waals surface area (Å²) in [5, 5.41) is 0.523. The minimum absolute atomic E-state index is 0.523. The molecule has 0 spiro atoms. The maximum absolute atomic E-state index is 5.38. The first kappa shape index (κ1) is 7.55. The van der Waals surface area contributed by atoms with Crippen LogP contribution in [0.4, 0.5) is 0 Å². The topological polar surface area (TPSA) is 0 Å². The first-order valence-electron chi connectivity index (χ1n) is 2.52.